The van der Waals surface area contributed by atoms with Crippen LogP contribution in [0.25, 0.3) is 0 Å². The molecular weight excluding hydrogens is 202 g/mol. The Labute approximate surface area is 97.9 Å². The molecule has 0 radical (unpaired) electrons. The average Bonchev–Trinajstić information content (AvgIpc) is 2.76. The predicted octanol–water partition coefficient (Wildman–Crippen LogP) is 4.37. The minimum Gasteiger partial charge on any atom is -0.307 e. The van der Waals surface area contributed by atoms with E-state index >= 15 is 0 Å². The van der Waals surface area contributed by atoms with Gasteiger partial charge in [0, 0.05) is 17.0 Å². The van der Waals surface area contributed by atoms with E-state index < -0.39 is 0 Å². The zero-order valence-corrected chi connectivity index (χ0v) is 10.9. The minimum atomic E-state index is 0.553. The second kappa shape index (κ2) is 7.02. The molecule has 0 aliphatic rings. The second-order valence-electron chi connectivity index (χ2n) is 4.19. The number of nitrogens with one attached hydrogen (secondary N) is 1. The van der Waals surface area contributed by atoms with Crippen LogP contribution in [-0.2, 0) is 0 Å². The van der Waals surface area contributed by atoms with Crippen molar-refractivity contribution in [3.8, 4) is 0 Å². The van der Waals surface area contributed by atoms with E-state index in [2.05, 4.69) is 43.6 Å². The van der Waals surface area contributed by atoms with Crippen LogP contribution < -0.4 is 5.32 Å². The molecule has 0 fully saturated rings. The molecule has 0 spiro atoms. The Hall–Kier alpha value is -0.340. The van der Waals surface area contributed by atoms with Gasteiger partial charge >= 0.3 is 0 Å². The van der Waals surface area contributed by atoms with Crippen molar-refractivity contribution in [3.63, 3.8) is 0 Å². The third kappa shape index (κ3) is 4.35. The van der Waals surface area contributed by atoms with Crippen LogP contribution in [0.1, 0.15) is 57.4 Å². The van der Waals surface area contributed by atoms with Gasteiger partial charge in [-0.3, -0.25) is 0 Å². The molecule has 1 aromatic heterocycles. The highest BCUT2D eigenvalue weighted by Gasteiger charge is 2.12. The van der Waals surface area contributed by atoms with Crippen molar-refractivity contribution in [2.75, 3.05) is 0 Å². The summed E-state index contributed by atoms with van der Waals surface area (Å²) in [6.45, 7) is 6.80. The molecule has 0 amide bonds. The molecule has 2 heteroatoms. The van der Waals surface area contributed by atoms with Gasteiger partial charge in [0.2, 0.25) is 0 Å². The van der Waals surface area contributed by atoms with Gasteiger partial charge in [0.15, 0.2) is 0 Å². The zero-order valence-electron chi connectivity index (χ0n) is 10.1. The quantitative estimate of drug-likeness (QED) is 0.726. The Kier molecular flexibility index (Phi) is 5.96. The molecule has 0 aliphatic heterocycles. The molecule has 86 valence electrons. The average molecular weight is 225 g/mol. The Balaban J connectivity index is 2.40. The van der Waals surface area contributed by atoms with Crippen molar-refractivity contribution in [1.29, 1.82) is 0 Å². The van der Waals surface area contributed by atoms with Gasteiger partial charge in [-0.2, -0.15) is 0 Å². The fourth-order valence-electron chi connectivity index (χ4n) is 1.83. The minimum absolute atomic E-state index is 0.553. The van der Waals surface area contributed by atoms with Crippen LogP contribution in [-0.4, -0.2) is 6.04 Å². The molecule has 2 unspecified atom stereocenters. The summed E-state index contributed by atoms with van der Waals surface area (Å²) < 4.78 is 0. The molecule has 0 saturated heterocycles. The van der Waals surface area contributed by atoms with Crippen LogP contribution in [0.3, 0.4) is 0 Å². The number of thiophene rings is 1. The monoisotopic (exact) mass is 225 g/mol. The van der Waals surface area contributed by atoms with Crippen molar-refractivity contribution in [2.45, 2.75) is 58.5 Å². The van der Waals surface area contributed by atoms with Crippen LogP contribution in [0.4, 0.5) is 0 Å². The van der Waals surface area contributed by atoms with E-state index in [1.54, 1.807) is 0 Å². The number of unbranched alkanes of at least 4 members (excludes halogenated alkanes) is 1. The summed E-state index contributed by atoms with van der Waals surface area (Å²) in [6.07, 6.45) is 5.09. The SMILES string of the molecule is CCCCC(C)NC(CC)c1cccs1. The van der Waals surface area contributed by atoms with Gasteiger partial charge in [0.05, 0.1) is 0 Å². The molecule has 2 atom stereocenters. The zero-order chi connectivity index (χ0) is 11.1. The first-order valence-corrected chi connectivity index (χ1v) is 6.95. The Morgan fingerprint density at radius 2 is 2.20 bits per heavy atom. The smallest absolute Gasteiger partial charge is 0.0414 e. The summed E-state index contributed by atoms with van der Waals surface area (Å²) in [4.78, 5) is 1.47. The van der Waals surface area contributed by atoms with Crippen molar-refractivity contribution >= 4 is 11.3 Å². The first kappa shape index (κ1) is 12.7. The lowest BCUT2D eigenvalue weighted by Crippen LogP contribution is -2.29. The highest BCUT2D eigenvalue weighted by molar-refractivity contribution is 7.10. The maximum absolute atomic E-state index is 3.71. The van der Waals surface area contributed by atoms with Crippen LogP contribution in [0.5, 0.6) is 0 Å². The highest BCUT2D eigenvalue weighted by Crippen LogP contribution is 2.22. The van der Waals surface area contributed by atoms with E-state index in [-0.39, 0.29) is 0 Å². The maximum atomic E-state index is 3.71. The van der Waals surface area contributed by atoms with E-state index in [4.69, 9.17) is 0 Å². The molecule has 1 nitrogen and oxygen atoms in total. The lowest BCUT2D eigenvalue weighted by Gasteiger charge is -2.21. The second-order valence-corrected chi connectivity index (χ2v) is 5.17. The summed E-state index contributed by atoms with van der Waals surface area (Å²) in [5, 5.41) is 5.88. The van der Waals surface area contributed by atoms with Gasteiger partial charge in [-0.15, -0.1) is 11.3 Å². The molecule has 15 heavy (non-hydrogen) atoms. The maximum Gasteiger partial charge on any atom is 0.0414 e. The first-order valence-electron chi connectivity index (χ1n) is 6.07. The fraction of sp³-hybridized carbons (Fsp3) is 0.692. The van der Waals surface area contributed by atoms with Gasteiger partial charge in [-0.25, -0.2) is 0 Å². The Morgan fingerprint density at radius 3 is 2.73 bits per heavy atom. The van der Waals surface area contributed by atoms with Crippen LogP contribution in [0.2, 0.25) is 0 Å². The number of hydrogen-bond acceptors (Lipinski definition) is 2. The Morgan fingerprint density at radius 1 is 1.40 bits per heavy atom. The summed E-state index contributed by atoms with van der Waals surface area (Å²) in [6, 6.07) is 5.56. The van der Waals surface area contributed by atoms with Gasteiger partial charge in [-0.1, -0.05) is 32.8 Å². The summed E-state index contributed by atoms with van der Waals surface area (Å²) in [5.41, 5.74) is 0. The van der Waals surface area contributed by atoms with Crippen molar-refractivity contribution < 1.29 is 0 Å². The van der Waals surface area contributed by atoms with Crippen molar-refractivity contribution in [2.24, 2.45) is 0 Å². The highest BCUT2D eigenvalue weighted by atomic mass is 32.1. The van der Waals surface area contributed by atoms with E-state index in [1.807, 2.05) is 11.3 Å². The van der Waals surface area contributed by atoms with Gasteiger partial charge < -0.3 is 5.32 Å². The van der Waals surface area contributed by atoms with Gasteiger partial charge in [0.25, 0.3) is 0 Å². The lowest BCUT2D eigenvalue weighted by atomic mass is 10.1. The molecular formula is C13H23NS. The van der Waals surface area contributed by atoms with Gasteiger partial charge in [0.1, 0.15) is 0 Å². The number of hydrogen-bond donors (Lipinski definition) is 1. The number of rotatable bonds is 7. The van der Waals surface area contributed by atoms with Gasteiger partial charge in [-0.05, 0) is 31.2 Å². The summed E-state index contributed by atoms with van der Waals surface area (Å²) in [7, 11) is 0. The molecule has 1 aromatic rings. The predicted molar refractivity (Wildman–Crippen MR) is 69.5 cm³/mol. The summed E-state index contributed by atoms with van der Waals surface area (Å²) in [5.74, 6) is 0. The van der Waals surface area contributed by atoms with Crippen LogP contribution >= 0.6 is 11.3 Å². The van der Waals surface area contributed by atoms with Crippen molar-refractivity contribution in [1.82, 2.24) is 5.32 Å². The third-order valence-corrected chi connectivity index (χ3v) is 3.76. The van der Waals surface area contributed by atoms with Crippen LogP contribution in [0, 0.1) is 0 Å². The van der Waals surface area contributed by atoms with Crippen molar-refractivity contribution in [3.05, 3.63) is 22.4 Å². The Bertz CT molecular complexity index is 243. The molecule has 0 bridgehead atoms. The van der Waals surface area contributed by atoms with E-state index in [0.29, 0.717) is 12.1 Å². The molecule has 1 rings (SSSR count). The standard InChI is InChI=1S/C13H23NS/c1-4-6-8-11(3)14-12(5-2)13-9-7-10-15-13/h7,9-12,14H,4-6,8H2,1-3H3. The lowest BCUT2D eigenvalue weighted by molar-refractivity contribution is 0.422. The molecule has 0 saturated carbocycles. The van der Waals surface area contributed by atoms with E-state index in [9.17, 15) is 0 Å². The first-order chi connectivity index (χ1) is 7.27. The van der Waals surface area contributed by atoms with E-state index in [1.165, 1.54) is 30.6 Å². The largest absolute Gasteiger partial charge is 0.307 e. The molecule has 1 heterocycles. The molecule has 0 aromatic carbocycles. The molecule has 0 aliphatic carbocycles. The third-order valence-electron chi connectivity index (χ3n) is 2.77. The molecule has 1 N–H and O–H groups in total. The van der Waals surface area contributed by atoms with E-state index in [0.717, 1.165) is 0 Å². The fourth-order valence-corrected chi connectivity index (χ4v) is 2.70. The van der Waals surface area contributed by atoms with Crippen LogP contribution in [0.15, 0.2) is 17.5 Å². The normalized spacial score (nSPS) is 15.1. The summed E-state index contributed by atoms with van der Waals surface area (Å²) >= 11 is 1.86. The topological polar surface area (TPSA) is 12.0 Å².